The minimum absolute atomic E-state index is 0.0662. The van der Waals surface area contributed by atoms with Gasteiger partial charge in [0, 0.05) is 19.0 Å². The number of nitrogens with zero attached hydrogens (tertiary/aromatic N) is 4. The molecule has 0 N–H and O–H groups in total. The van der Waals surface area contributed by atoms with E-state index in [0.29, 0.717) is 38.0 Å². The fourth-order valence-corrected chi connectivity index (χ4v) is 3.22. The highest BCUT2D eigenvalue weighted by Gasteiger charge is 2.31. The molecule has 2 fully saturated rings. The van der Waals surface area contributed by atoms with Crippen LogP contribution in [-0.4, -0.2) is 71.3 Å². The molecule has 122 valence electrons. The molecule has 2 saturated heterocycles. The fourth-order valence-electron chi connectivity index (χ4n) is 3.22. The van der Waals surface area contributed by atoms with E-state index < -0.39 is 0 Å². The second-order valence-corrected chi connectivity index (χ2v) is 6.10. The van der Waals surface area contributed by atoms with Gasteiger partial charge in [-0.3, -0.25) is 9.69 Å². The number of aryl methyl sites for hydroxylation is 1. The summed E-state index contributed by atoms with van der Waals surface area (Å²) in [4.78, 5) is 21.0. The van der Waals surface area contributed by atoms with Crippen LogP contribution >= 0.6 is 0 Å². The summed E-state index contributed by atoms with van der Waals surface area (Å²) in [6, 6.07) is -0.0662. The largest absolute Gasteiger partial charge is 0.378 e. The molecule has 3 rings (SSSR count). The van der Waals surface area contributed by atoms with Crippen LogP contribution in [0.2, 0.25) is 0 Å². The van der Waals surface area contributed by atoms with Crippen molar-refractivity contribution in [3.8, 4) is 0 Å². The van der Waals surface area contributed by atoms with E-state index >= 15 is 0 Å². The number of aromatic nitrogens is 2. The Labute approximate surface area is 130 Å². The summed E-state index contributed by atoms with van der Waals surface area (Å²) >= 11 is 0. The summed E-state index contributed by atoms with van der Waals surface area (Å²) < 4.78 is 10.6. The van der Waals surface area contributed by atoms with E-state index in [9.17, 15) is 4.79 Å². The highest BCUT2D eigenvalue weighted by Crippen LogP contribution is 2.27. The molecule has 1 aromatic heterocycles. The SMILES string of the molecule is Cc1noc(C2CCN([C@@H](C)C(=O)N3CCOCC3)CC2)n1. The third-order valence-corrected chi connectivity index (χ3v) is 4.65. The molecule has 2 aliphatic heterocycles. The lowest BCUT2D eigenvalue weighted by atomic mass is 9.95. The van der Waals surface area contributed by atoms with E-state index in [1.807, 2.05) is 18.7 Å². The predicted molar refractivity (Wildman–Crippen MR) is 79.4 cm³/mol. The molecule has 1 aromatic rings. The molecule has 0 bridgehead atoms. The van der Waals surface area contributed by atoms with Crippen LogP contribution in [0, 0.1) is 6.92 Å². The van der Waals surface area contributed by atoms with E-state index in [4.69, 9.17) is 9.26 Å². The normalized spacial score (nSPS) is 22.7. The number of rotatable bonds is 3. The van der Waals surface area contributed by atoms with Crippen molar-refractivity contribution in [2.24, 2.45) is 0 Å². The van der Waals surface area contributed by atoms with E-state index in [1.165, 1.54) is 0 Å². The number of hydrogen-bond acceptors (Lipinski definition) is 6. The Hall–Kier alpha value is -1.47. The zero-order valence-corrected chi connectivity index (χ0v) is 13.3. The van der Waals surface area contributed by atoms with Gasteiger partial charge >= 0.3 is 0 Å². The van der Waals surface area contributed by atoms with Gasteiger partial charge in [0.2, 0.25) is 11.8 Å². The first-order chi connectivity index (χ1) is 10.6. The highest BCUT2D eigenvalue weighted by molar-refractivity contribution is 5.81. The Morgan fingerprint density at radius 2 is 1.91 bits per heavy atom. The Bertz CT molecular complexity index is 505. The van der Waals surface area contributed by atoms with Crippen LogP contribution in [0.4, 0.5) is 0 Å². The summed E-state index contributed by atoms with van der Waals surface area (Å²) in [5.41, 5.74) is 0. The van der Waals surface area contributed by atoms with Gasteiger partial charge in [-0.15, -0.1) is 0 Å². The van der Waals surface area contributed by atoms with Crippen molar-refractivity contribution in [3.05, 3.63) is 11.7 Å². The minimum atomic E-state index is -0.0662. The van der Waals surface area contributed by atoms with E-state index in [-0.39, 0.29) is 11.9 Å². The second-order valence-electron chi connectivity index (χ2n) is 6.10. The minimum Gasteiger partial charge on any atom is -0.378 e. The van der Waals surface area contributed by atoms with Gasteiger partial charge in [-0.05, 0) is 39.8 Å². The standard InChI is InChI=1S/C15H24N4O3/c1-11(15(20)19-7-9-21-10-8-19)18-5-3-13(4-6-18)14-16-12(2)17-22-14/h11,13H,3-10H2,1-2H3/t11-/m0/s1. The van der Waals surface area contributed by atoms with Gasteiger partial charge in [0.15, 0.2) is 5.82 Å². The smallest absolute Gasteiger partial charge is 0.239 e. The van der Waals surface area contributed by atoms with E-state index in [0.717, 1.165) is 31.8 Å². The Balaban J connectivity index is 1.53. The predicted octanol–water partition coefficient (Wildman–Crippen LogP) is 0.805. The molecule has 2 aliphatic rings. The third kappa shape index (κ3) is 3.30. The van der Waals surface area contributed by atoms with Crippen molar-refractivity contribution in [1.82, 2.24) is 19.9 Å². The van der Waals surface area contributed by atoms with Crippen molar-refractivity contribution in [3.63, 3.8) is 0 Å². The van der Waals surface area contributed by atoms with Crippen LogP contribution in [0.5, 0.6) is 0 Å². The Morgan fingerprint density at radius 3 is 2.50 bits per heavy atom. The molecular weight excluding hydrogens is 284 g/mol. The zero-order valence-electron chi connectivity index (χ0n) is 13.3. The van der Waals surface area contributed by atoms with Gasteiger partial charge in [0.25, 0.3) is 0 Å². The number of morpholine rings is 1. The molecule has 0 unspecified atom stereocenters. The molecule has 1 atom stereocenters. The lowest BCUT2D eigenvalue weighted by Crippen LogP contribution is -2.52. The first-order valence-electron chi connectivity index (χ1n) is 8.06. The van der Waals surface area contributed by atoms with Crippen molar-refractivity contribution in [2.45, 2.75) is 38.6 Å². The molecule has 0 aromatic carbocycles. The summed E-state index contributed by atoms with van der Waals surface area (Å²) in [6.07, 6.45) is 1.92. The highest BCUT2D eigenvalue weighted by atomic mass is 16.5. The number of ether oxygens (including phenoxy) is 1. The average molecular weight is 308 g/mol. The van der Waals surface area contributed by atoms with Crippen LogP contribution in [0.1, 0.15) is 37.4 Å². The first kappa shape index (κ1) is 15.4. The van der Waals surface area contributed by atoms with Crippen LogP contribution in [0.15, 0.2) is 4.52 Å². The molecule has 7 heteroatoms. The van der Waals surface area contributed by atoms with Crippen molar-refractivity contribution in [1.29, 1.82) is 0 Å². The third-order valence-electron chi connectivity index (χ3n) is 4.65. The van der Waals surface area contributed by atoms with Gasteiger partial charge < -0.3 is 14.2 Å². The van der Waals surface area contributed by atoms with Gasteiger partial charge in [-0.2, -0.15) is 4.98 Å². The van der Waals surface area contributed by atoms with Crippen molar-refractivity contribution in [2.75, 3.05) is 39.4 Å². The van der Waals surface area contributed by atoms with Crippen LogP contribution in [0.3, 0.4) is 0 Å². The summed E-state index contributed by atoms with van der Waals surface area (Å²) in [5, 5.41) is 3.86. The van der Waals surface area contributed by atoms with Crippen LogP contribution < -0.4 is 0 Å². The Kier molecular flexibility index (Phi) is 4.73. The van der Waals surface area contributed by atoms with Gasteiger partial charge in [0.05, 0.1) is 19.3 Å². The van der Waals surface area contributed by atoms with E-state index in [2.05, 4.69) is 15.0 Å². The number of carbonyl (C=O) groups excluding carboxylic acids is 1. The van der Waals surface area contributed by atoms with Crippen molar-refractivity contribution >= 4 is 5.91 Å². The molecule has 0 saturated carbocycles. The lowest BCUT2D eigenvalue weighted by molar-refractivity contribution is -0.141. The molecule has 0 spiro atoms. The average Bonchev–Trinajstić information content (AvgIpc) is 3.01. The van der Waals surface area contributed by atoms with Gasteiger partial charge in [-0.1, -0.05) is 5.16 Å². The number of hydrogen-bond donors (Lipinski definition) is 0. The van der Waals surface area contributed by atoms with Gasteiger partial charge in [-0.25, -0.2) is 0 Å². The topological polar surface area (TPSA) is 71.7 Å². The fraction of sp³-hybridized carbons (Fsp3) is 0.800. The molecule has 0 aliphatic carbocycles. The molecular formula is C15H24N4O3. The Morgan fingerprint density at radius 1 is 1.23 bits per heavy atom. The molecule has 7 nitrogen and oxygen atoms in total. The maximum atomic E-state index is 12.5. The monoisotopic (exact) mass is 308 g/mol. The van der Waals surface area contributed by atoms with E-state index in [1.54, 1.807) is 0 Å². The van der Waals surface area contributed by atoms with Crippen LogP contribution in [-0.2, 0) is 9.53 Å². The maximum Gasteiger partial charge on any atom is 0.239 e. The number of amides is 1. The molecule has 0 radical (unpaired) electrons. The maximum absolute atomic E-state index is 12.5. The summed E-state index contributed by atoms with van der Waals surface area (Å²) in [6.45, 7) is 8.35. The molecule has 22 heavy (non-hydrogen) atoms. The van der Waals surface area contributed by atoms with Gasteiger partial charge in [0.1, 0.15) is 0 Å². The zero-order chi connectivity index (χ0) is 15.5. The summed E-state index contributed by atoms with van der Waals surface area (Å²) in [5.74, 6) is 1.97. The number of piperidine rings is 1. The number of carbonyl (C=O) groups is 1. The van der Waals surface area contributed by atoms with Crippen LogP contribution in [0.25, 0.3) is 0 Å². The quantitative estimate of drug-likeness (QED) is 0.823. The summed E-state index contributed by atoms with van der Waals surface area (Å²) in [7, 11) is 0. The lowest BCUT2D eigenvalue weighted by Gasteiger charge is -2.37. The molecule has 3 heterocycles. The first-order valence-corrected chi connectivity index (χ1v) is 8.06. The second kappa shape index (κ2) is 6.75. The van der Waals surface area contributed by atoms with Crippen molar-refractivity contribution < 1.29 is 14.1 Å². The number of likely N-dealkylation sites (tertiary alicyclic amines) is 1. The molecule has 1 amide bonds.